The molecule has 0 saturated heterocycles. The maximum absolute atomic E-state index is 15.6. The van der Waals surface area contributed by atoms with Crippen LogP contribution < -0.4 is 5.32 Å². The van der Waals surface area contributed by atoms with Gasteiger partial charge in [-0.15, -0.1) is 0 Å². The number of rotatable bonds is 7. The van der Waals surface area contributed by atoms with Gasteiger partial charge in [0.05, 0.1) is 6.04 Å². The van der Waals surface area contributed by atoms with E-state index in [2.05, 4.69) is 67.2 Å². The molecule has 0 fully saturated rings. The molecule has 2 aliphatic heterocycles. The molecule has 0 aliphatic carbocycles. The Bertz CT molecular complexity index is 1250. The molecule has 2 atom stereocenters. The molecule has 0 spiro atoms. The van der Waals surface area contributed by atoms with Crippen LogP contribution in [-0.2, 0) is 0 Å². The quantitative estimate of drug-likeness (QED) is 0.403. The average molecular weight is 521 g/mol. The average Bonchev–Trinajstić information content (AvgIpc) is 2.85. The van der Waals surface area contributed by atoms with E-state index in [1.807, 2.05) is 27.0 Å². The Balaban J connectivity index is 2.07. The lowest BCUT2D eigenvalue weighted by atomic mass is 9.95. The molecule has 2 aliphatic rings. The van der Waals surface area contributed by atoms with Crippen molar-refractivity contribution in [1.29, 1.82) is 0 Å². The van der Waals surface area contributed by atoms with Crippen molar-refractivity contribution in [3.8, 4) is 0 Å². The zero-order valence-electron chi connectivity index (χ0n) is 24.1. The van der Waals surface area contributed by atoms with Crippen molar-refractivity contribution in [2.45, 2.75) is 66.5 Å². The molecule has 0 aromatic carbocycles. The van der Waals surface area contributed by atoms with Crippen LogP contribution in [0.25, 0.3) is 11.3 Å². The number of nitrogens with one attached hydrogen (secondary N) is 1. The van der Waals surface area contributed by atoms with Crippen LogP contribution in [0.3, 0.4) is 0 Å². The second kappa shape index (κ2) is 12.9. The van der Waals surface area contributed by atoms with E-state index in [-0.39, 0.29) is 17.8 Å². The topological polar surface area (TPSA) is 31.4 Å². The first-order chi connectivity index (χ1) is 18.1. The Morgan fingerprint density at radius 2 is 1.89 bits per heavy atom. The maximum Gasteiger partial charge on any atom is 0.149 e. The Morgan fingerprint density at radius 3 is 2.53 bits per heavy atom. The fourth-order valence-corrected chi connectivity index (χ4v) is 5.20. The minimum absolute atomic E-state index is 0.0911. The highest BCUT2D eigenvalue weighted by molar-refractivity contribution is 5.73. The van der Waals surface area contributed by atoms with Crippen molar-refractivity contribution in [3.05, 3.63) is 100 Å². The van der Waals surface area contributed by atoms with Gasteiger partial charge in [0.2, 0.25) is 0 Å². The van der Waals surface area contributed by atoms with Gasteiger partial charge in [0.1, 0.15) is 17.3 Å². The highest BCUT2D eigenvalue weighted by atomic mass is 19.1. The van der Waals surface area contributed by atoms with Gasteiger partial charge in [-0.25, -0.2) is 8.78 Å². The molecule has 204 valence electrons. The third-order valence-electron chi connectivity index (χ3n) is 7.10. The molecule has 1 aromatic heterocycles. The van der Waals surface area contributed by atoms with Crippen molar-refractivity contribution < 1.29 is 8.78 Å². The van der Waals surface area contributed by atoms with Gasteiger partial charge < -0.3 is 15.1 Å². The molecule has 3 heterocycles. The summed E-state index contributed by atoms with van der Waals surface area (Å²) in [5.74, 6) is -0.855. The van der Waals surface area contributed by atoms with E-state index >= 15 is 4.39 Å². The maximum atomic E-state index is 15.6. The van der Waals surface area contributed by atoms with Gasteiger partial charge in [-0.2, -0.15) is 0 Å². The van der Waals surface area contributed by atoms with E-state index in [0.717, 1.165) is 17.7 Å². The largest absolute Gasteiger partial charge is 0.382 e. The van der Waals surface area contributed by atoms with Crippen LogP contribution in [0, 0.1) is 5.82 Å². The van der Waals surface area contributed by atoms with E-state index in [9.17, 15) is 4.39 Å². The second-order valence-corrected chi connectivity index (χ2v) is 10.2. The summed E-state index contributed by atoms with van der Waals surface area (Å²) in [6.45, 7) is 13.2. The van der Waals surface area contributed by atoms with E-state index in [0.29, 0.717) is 24.1 Å². The van der Waals surface area contributed by atoms with E-state index in [1.165, 1.54) is 35.2 Å². The number of hydrogen-bond acceptors (Lipinski definition) is 4. The molecule has 6 heteroatoms. The van der Waals surface area contributed by atoms with Gasteiger partial charge in [0, 0.05) is 61.6 Å². The van der Waals surface area contributed by atoms with Crippen molar-refractivity contribution >= 4 is 11.3 Å². The molecule has 4 nitrogen and oxygen atoms in total. The summed E-state index contributed by atoms with van der Waals surface area (Å²) < 4.78 is 29.8. The van der Waals surface area contributed by atoms with Gasteiger partial charge >= 0.3 is 0 Å². The van der Waals surface area contributed by atoms with Crippen molar-refractivity contribution in [2.24, 2.45) is 0 Å². The van der Waals surface area contributed by atoms with Crippen LogP contribution in [0.1, 0.15) is 65.6 Å². The first-order valence-corrected chi connectivity index (χ1v) is 13.4. The first kappa shape index (κ1) is 29.2. The van der Waals surface area contributed by atoms with Crippen molar-refractivity contribution in [1.82, 2.24) is 20.1 Å². The molecular formula is C32H42F2N4. The van der Waals surface area contributed by atoms with Gasteiger partial charge in [-0.3, -0.25) is 4.98 Å². The summed E-state index contributed by atoms with van der Waals surface area (Å²) in [6, 6.07) is 1.48. The molecular weight excluding hydrogens is 478 g/mol. The number of hydrogen-bond donors (Lipinski definition) is 1. The van der Waals surface area contributed by atoms with E-state index < -0.39 is 11.6 Å². The molecule has 0 amide bonds. The number of pyridine rings is 1. The number of allylic oxidation sites excluding steroid dienone is 8. The normalized spacial score (nSPS) is 25.5. The number of likely N-dealkylation sites (N-methyl/N-ethyl adjacent to an activating group) is 2. The predicted octanol–water partition coefficient (Wildman–Crippen LogP) is 7.54. The van der Waals surface area contributed by atoms with Crippen LogP contribution >= 0.6 is 0 Å². The molecule has 0 radical (unpaired) electrons. The smallest absolute Gasteiger partial charge is 0.149 e. The molecule has 38 heavy (non-hydrogen) atoms. The summed E-state index contributed by atoms with van der Waals surface area (Å²) in [5, 5.41) is 3.60. The lowest BCUT2D eigenvalue weighted by Gasteiger charge is -2.31. The summed E-state index contributed by atoms with van der Waals surface area (Å²) in [5.41, 5.74) is 6.99. The van der Waals surface area contributed by atoms with Crippen LogP contribution in [0.2, 0.25) is 0 Å². The van der Waals surface area contributed by atoms with Gasteiger partial charge in [0.25, 0.3) is 0 Å². The second-order valence-electron chi connectivity index (χ2n) is 10.2. The Morgan fingerprint density at radius 1 is 1.16 bits per heavy atom. The zero-order valence-corrected chi connectivity index (χ0v) is 24.1. The van der Waals surface area contributed by atoms with Crippen LogP contribution in [0.5, 0.6) is 0 Å². The summed E-state index contributed by atoms with van der Waals surface area (Å²) in [7, 11) is 3.81. The SMILES string of the molecule is C/C=C(\CC)NC(C)C1=C\C=C(\c2cnc(C3=CC(F)=CN(C)C3CC)c(F)c2)N(C)C/C(C)=C/C(C)=C\1. The minimum atomic E-state index is -0.454. The molecule has 1 N–H and O–H groups in total. The van der Waals surface area contributed by atoms with Gasteiger partial charge in [0.15, 0.2) is 0 Å². The number of halogens is 2. The standard InChI is InChI=1S/C32H42F2N4/c1-9-27(10-2)36-23(6)24-12-13-31(37(7)19-22(5)14-21(4)15-24)25-16-29(34)32(35-18-25)28-17-26(33)20-38(8)30(28)11-3/h9,12-18,20,23,30,36H,10-11,19H2,1-8H3/b21-15-,22-14+,24-12-,27-9+,31-13-. The Labute approximate surface area is 227 Å². The lowest BCUT2D eigenvalue weighted by molar-refractivity contribution is 0.366. The van der Waals surface area contributed by atoms with Gasteiger partial charge in [-0.1, -0.05) is 49.3 Å². The summed E-state index contributed by atoms with van der Waals surface area (Å²) >= 11 is 0. The number of nitrogens with zero attached hydrogens (tertiary/aromatic N) is 3. The highest BCUT2D eigenvalue weighted by Gasteiger charge is 2.26. The molecule has 0 bridgehead atoms. The Kier molecular flexibility index (Phi) is 9.90. The summed E-state index contributed by atoms with van der Waals surface area (Å²) in [6.07, 6.45) is 16.8. The highest BCUT2D eigenvalue weighted by Crippen LogP contribution is 2.32. The number of aromatic nitrogens is 1. The van der Waals surface area contributed by atoms with Crippen LogP contribution in [0.4, 0.5) is 8.78 Å². The van der Waals surface area contributed by atoms with Crippen molar-refractivity contribution in [3.63, 3.8) is 0 Å². The fraction of sp³-hybridized carbons (Fsp3) is 0.406. The summed E-state index contributed by atoms with van der Waals surface area (Å²) in [4.78, 5) is 8.41. The fourth-order valence-electron chi connectivity index (χ4n) is 5.20. The third kappa shape index (κ3) is 6.91. The molecule has 0 saturated carbocycles. The monoisotopic (exact) mass is 520 g/mol. The van der Waals surface area contributed by atoms with E-state index in [1.54, 1.807) is 18.1 Å². The van der Waals surface area contributed by atoms with Crippen molar-refractivity contribution in [2.75, 3.05) is 20.6 Å². The van der Waals surface area contributed by atoms with Crippen LogP contribution in [0.15, 0.2) is 83.2 Å². The minimum Gasteiger partial charge on any atom is -0.382 e. The van der Waals surface area contributed by atoms with E-state index in [4.69, 9.17) is 0 Å². The zero-order chi connectivity index (χ0) is 28.0. The van der Waals surface area contributed by atoms with Gasteiger partial charge in [-0.05, 0) is 64.3 Å². The third-order valence-corrected chi connectivity index (χ3v) is 7.10. The predicted molar refractivity (Wildman–Crippen MR) is 156 cm³/mol. The molecule has 2 unspecified atom stereocenters. The van der Waals surface area contributed by atoms with Crippen LogP contribution in [-0.4, -0.2) is 47.5 Å². The Hall–Kier alpha value is -3.41. The molecule has 1 aromatic rings. The first-order valence-electron chi connectivity index (χ1n) is 13.4. The lowest BCUT2D eigenvalue weighted by Crippen LogP contribution is -2.31. The molecule has 3 rings (SSSR count).